The monoisotopic (exact) mass is 342 g/mol. The number of benzene rings is 1. The molecule has 2 heterocycles. The molecule has 0 atom stereocenters. The lowest BCUT2D eigenvalue weighted by Gasteiger charge is -2.04. The second kappa shape index (κ2) is 7.65. The van der Waals surface area contributed by atoms with E-state index in [1.807, 2.05) is 12.1 Å². The maximum atomic E-state index is 12.8. The Morgan fingerprint density at radius 1 is 1.21 bits per heavy atom. The Bertz CT molecular complexity index is 805. The van der Waals surface area contributed by atoms with Crippen LogP contribution in [0.5, 0.6) is 0 Å². The first kappa shape index (κ1) is 16.1. The fourth-order valence-electron chi connectivity index (χ4n) is 2.06. The van der Waals surface area contributed by atoms with Crippen LogP contribution in [0.1, 0.15) is 16.1 Å². The highest BCUT2D eigenvalue weighted by molar-refractivity contribution is 7.14. The molecule has 0 aliphatic carbocycles. The number of nitrogens with one attached hydrogen (secondary N) is 2. The van der Waals surface area contributed by atoms with E-state index in [9.17, 15) is 9.18 Å². The summed E-state index contributed by atoms with van der Waals surface area (Å²) >= 11 is 1.35. The molecule has 0 fully saturated rings. The van der Waals surface area contributed by atoms with Crippen LogP contribution in [0.3, 0.4) is 0 Å². The first-order valence-corrected chi connectivity index (χ1v) is 8.24. The predicted octanol–water partition coefficient (Wildman–Crippen LogP) is 3.39. The van der Waals surface area contributed by atoms with Crippen LogP contribution in [-0.2, 0) is 6.42 Å². The SMILES string of the molecule is O=C(NCCc1ccc(F)cc1)c1csc(Nc2cccnc2)n1. The van der Waals surface area contributed by atoms with Crippen molar-refractivity contribution in [1.82, 2.24) is 15.3 Å². The first-order chi connectivity index (χ1) is 11.7. The zero-order valence-electron chi connectivity index (χ0n) is 12.7. The summed E-state index contributed by atoms with van der Waals surface area (Å²) < 4.78 is 12.8. The molecule has 2 N–H and O–H groups in total. The van der Waals surface area contributed by atoms with E-state index in [-0.39, 0.29) is 11.7 Å². The minimum atomic E-state index is -0.265. The number of amides is 1. The van der Waals surface area contributed by atoms with E-state index in [0.29, 0.717) is 23.8 Å². The molecule has 0 radical (unpaired) electrons. The van der Waals surface area contributed by atoms with Gasteiger partial charge in [0.05, 0.1) is 11.9 Å². The fraction of sp³-hybridized carbons (Fsp3) is 0.118. The number of rotatable bonds is 6. The van der Waals surface area contributed by atoms with E-state index in [0.717, 1.165) is 11.3 Å². The molecule has 0 saturated carbocycles. The minimum Gasteiger partial charge on any atom is -0.350 e. The minimum absolute atomic E-state index is 0.229. The molecular formula is C17H15FN4OS. The van der Waals surface area contributed by atoms with Crippen molar-refractivity contribution in [3.8, 4) is 0 Å². The molecule has 24 heavy (non-hydrogen) atoms. The zero-order chi connectivity index (χ0) is 16.8. The van der Waals surface area contributed by atoms with Gasteiger partial charge in [-0.05, 0) is 36.2 Å². The molecule has 0 saturated heterocycles. The van der Waals surface area contributed by atoms with Crippen molar-refractivity contribution >= 4 is 28.1 Å². The van der Waals surface area contributed by atoms with Crippen LogP contribution in [0, 0.1) is 5.82 Å². The Morgan fingerprint density at radius 3 is 2.79 bits per heavy atom. The van der Waals surface area contributed by atoms with Gasteiger partial charge in [0.25, 0.3) is 5.91 Å². The number of pyridine rings is 1. The standard InChI is InChI=1S/C17H15FN4OS/c18-13-5-3-12(4-6-13)7-9-20-16(23)15-11-24-17(22-15)21-14-2-1-8-19-10-14/h1-6,8,10-11H,7,9H2,(H,20,23)(H,21,22). The molecule has 7 heteroatoms. The average molecular weight is 342 g/mol. The zero-order valence-corrected chi connectivity index (χ0v) is 13.5. The molecule has 1 amide bonds. The molecule has 122 valence electrons. The van der Waals surface area contributed by atoms with Gasteiger partial charge in [-0.25, -0.2) is 9.37 Å². The van der Waals surface area contributed by atoms with Crippen molar-refractivity contribution < 1.29 is 9.18 Å². The highest BCUT2D eigenvalue weighted by atomic mass is 32.1. The van der Waals surface area contributed by atoms with E-state index in [4.69, 9.17) is 0 Å². The van der Waals surface area contributed by atoms with Crippen LogP contribution >= 0.6 is 11.3 Å². The van der Waals surface area contributed by atoms with Crippen molar-refractivity contribution in [1.29, 1.82) is 0 Å². The van der Waals surface area contributed by atoms with Crippen LogP contribution in [-0.4, -0.2) is 22.4 Å². The van der Waals surface area contributed by atoms with Crippen molar-refractivity contribution in [3.63, 3.8) is 0 Å². The molecular weight excluding hydrogens is 327 g/mol. The van der Waals surface area contributed by atoms with Crippen LogP contribution < -0.4 is 10.6 Å². The van der Waals surface area contributed by atoms with Crippen LogP contribution in [0.25, 0.3) is 0 Å². The number of hydrogen-bond donors (Lipinski definition) is 2. The van der Waals surface area contributed by atoms with Crippen LogP contribution in [0.2, 0.25) is 0 Å². The Balaban J connectivity index is 1.51. The van der Waals surface area contributed by atoms with E-state index in [1.54, 1.807) is 29.9 Å². The normalized spacial score (nSPS) is 10.4. The molecule has 3 rings (SSSR count). The summed E-state index contributed by atoms with van der Waals surface area (Å²) in [6, 6.07) is 9.93. The molecule has 0 spiro atoms. The molecule has 3 aromatic rings. The third kappa shape index (κ3) is 4.36. The summed E-state index contributed by atoms with van der Waals surface area (Å²) in [6.07, 6.45) is 4.01. The van der Waals surface area contributed by atoms with Crippen molar-refractivity contribution in [2.75, 3.05) is 11.9 Å². The van der Waals surface area contributed by atoms with Crippen LogP contribution in [0.4, 0.5) is 15.2 Å². The molecule has 0 bridgehead atoms. The number of thiazole rings is 1. The predicted molar refractivity (Wildman–Crippen MR) is 92.1 cm³/mol. The highest BCUT2D eigenvalue weighted by Gasteiger charge is 2.10. The molecule has 0 unspecified atom stereocenters. The topological polar surface area (TPSA) is 66.9 Å². The Labute approximate surface area is 142 Å². The Morgan fingerprint density at radius 2 is 2.04 bits per heavy atom. The number of carbonyl (C=O) groups excluding carboxylic acids is 1. The van der Waals surface area contributed by atoms with Gasteiger partial charge < -0.3 is 10.6 Å². The second-order valence-corrected chi connectivity index (χ2v) is 5.90. The number of carbonyl (C=O) groups is 1. The molecule has 1 aromatic carbocycles. The van der Waals surface area contributed by atoms with Gasteiger partial charge in [0.2, 0.25) is 0 Å². The van der Waals surface area contributed by atoms with Gasteiger partial charge in [0.15, 0.2) is 5.13 Å². The molecule has 2 aromatic heterocycles. The van der Waals surface area contributed by atoms with Gasteiger partial charge in [0, 0.05) is 18.1 Å². The number of nitrogens with zero attached hydrogens (tertiary/aromatic N) is 2. The second-order valence-electron chi connectivity index (χ2n) is 5.04. The Kier molecular flexibility index (Phi) is 5.12. The smallest absolute Gasteiger partial charge is 0.270 e. The van der Waals surface area contributed by atoms with E-state index < -0.39 is 0 Å². The van der Waals surface area contributed by atoms with Gasteiger partial charge in [-0.2, -0.15) is 0 Å². The van der Waals surface area contributed by atoms with Crippen LogP contribution in [0.15, 0.2) is 54.2 Å². The lowest BCUT2D eigenvalue weighted by atomic mass is 10.1. The highest BCUT2D eigenvalue weighted by Crippen LogP contribution is 2.20. The van der Waals surface area contributed by atoms with Gasteiger partial charge in [-0.15, -0.1) is 11.3 Å². The van der Waals surface area contributed by atoms with Gasteiger partial charge in [-0.3, -0.25) is 9.78 Å². The molecule has 5 nitrogen and oxygen atoms in total. The number of anilines is 2. The lowest BCUT2D eigenvalue weighted by Crippen LogP contribution is -2.25. The molecule has 0 aliphatic heterocycles. The largest absolute Gasteiger partial charge is 0.350 e. The van der Waals surface area contributed by atoms with Crippen molar-refractivity contribution in [3.05, 3.63) is 71.2 Å². The summed E-state index contributed by atoms with van der Waals surface area (Å²) in [5.41, 5.74) is 2.15. The van der Waals surface area contributed by atoms with E-state index in [2.05, 4.69) is 20.6 Å². The Hall–Kier alpha value is -2.80. The number of hydrogen-bond acceptors (Lipinski definition) is 5. The van der Waals surface area contributed by atoms with E-state index in [1.165, 1.54) is 23.5 Å². The lowest BCUT2D eigenvalue weighted by molar-refractivity contribution is 0.0950. The fourth-order valence-corrected chi connectivity index (χ4v) is 2.77. The molecule has 0 aliphatic rings. The summed E-state index contributed by atoms with van der Waals surface area (Å²) in [5, 5.41) is 8.24. The average Bonchev–Trinajstić information content (AvgIpc) is 3.06. The maximum Gasteiger partial charge on any atom is 0.270 e. The summed E-state index contributed by atoms with van der Waals surface area (Å²) in [4.78, 5) is 20.4. The third-order valence-corrected chi connectivity index (χ3v) is 4.02. The number of aromatic nitrogens is 2. The summed E-state index contributed by atoms with van der Waals surface area (Å²) in [7, 11) is 0. The maximum absolute atomic E-state index is 12.8. The summed E-state index contributed by atoms with van der Waals surface area (Å²) in [5.74, 6) is -0.494. The van der Waals surface area contributed by atoms with Gasteiger partial charge in [0.1, 0.15) is 11.5 Å². The van der Waals surface area contributed by atoms with Gasteiger partial charge in [-0.1, -0.05) is 12.1 Å². The van der Waals surface area contributed by atoms with Gasteiger partial charge >= 0.3 is 0 Å². The van der Waals surface area contributed by atoms with E-state index >= 15 is 0 Å². The quantitative estimate of drug-likeness (QED) is 0.720. The first-order valence-electron chi connectivity index (χ1n) is 7.36. The summed E-state index contributed by atoms with van der Waals surface area (Å²) in [6.45, 7) is 0.466. The number of halogens is 1. The third-order valence-electron chi connectivity index (χ3n) is 3.26. The van der Waals surface area contributed by atoms with Crippen molar-refractivity contribution in [2.45, 2.75) is 6.42 Å². The van der Waals surface area contributed by atoms with Crippen molar-refractivity contribution in [2.24, 2.45) is 0 Å².